The van der Waals surface area contributed by atoms with Gasteiger partial charge in [-0.15, -0.1) is 12.4 Å². The van der Waals surface area contributed by atoms with Crippen molar-refractivity contribution >= 4 is 35.8 Å². The van der Waals surface area contributed by atoms with Gasteiger partial charge in [0.25, 0.3) is 5.91 Å². The average molecular weight is 414 g/mol. The molecule has 5 nitrogen and oxygen atoms in total. The highest BCUT2D eigenvalue weighted by atomic mass is 35.5. The number of benzene rings is 1. The third-order valence-corrected chi connectivity index (χ3v) is 5.67. The summed E-state index contributed by atoms with van der Waals surface area (Å²) in [4.78, 5) is 29.0. The van der Waals surface area contributed by atoms with Crippen LogP contribution in [-0.2, 0) is 4.79 Å². The number of nitrogens with zero attached hydrogens (tertiary/aromatic N) is 2. The van der Waals surface area contributed by atoms with Gasteiger partial charge in [-0.25, -0.2) is 0 Å². The van der Waals surface area contributed by atoms with Crippen LogP contribution in [0.3, 0.4) is 0 Å². The number of hydrogen-bond acceptors (Lipinski definition) is 3. The van der Waals surface area contributed by atoms with Crippen LogP contribution in [0.1, 0.15) is 42.5 Å². The predicted octanol–water partition coefficient (Wildman–Crippen LogP) is 3.22. The quantitative estimate of drug-likeness (QED) is 0.823. The zero-order valence-electron chi connectivity index (χ0n) is 15.7. The summed E-state index contributed by atoms with van der Waals surface area (Å²) in [7, 11) is 0. The first kappa shape index (κ1) is 22.0. The van der Waals surface area contributed by atoms with Crippen LogP contribution in [0.5, 0.6) is 0 Å². The van der Waals surface area contributed by atoms with E-state index in [1.54, 1.807) is 24.3 Å². The van der Waals surface area contributed by atoms with Crippen molar-refractivity contribution in [3.63, 3.8) is 0 Å². The lowest BCUT2D eigenvalue weighted by Crippen LogP contribution is -2.37. The molecule has 0 radical (unpaired) electrons. The first-order valence-corrected chi connectivity index (χ1v) is 10.0. The topological polar surface area (TPSA) is 52.7 Å². The minimum Gasteiger partial charge on any atom is -0.341 e. The second-order valence-corrected chi connectivity index (χ2v) is 7.71. The third-order valence-electron chi connectivity index (χ3n) is 5.43. The Balaban J connectivity index is 0.00000261. The van der Waals surface area contributed by atoms with Gasteiger partial charge in [0.05, 0.1) is 0 Å². The molecule has 1 aromatic rings. The fourth-order valence-corrected chi connectivity index (χ4v) is 4.02. The molecule has 2 heterocycles. The van der Waals surface area contributed by atoms with E-state index in [4.69, 9.17) is 11.6 Å². The standard InChI is InChI=1S/C20H28ClN3O2.ClH/c21-18-4-1-3-17(15-18)20(26)24-12-2-11-23(13-14-24)19(25)6-5-16-7-9-22-10-8-16;/h1,3-4,15-16,22H,2,5-14H2;1H. The van der Waals surface area contributed by atoms with Crippen LogP contribution < -0.4 is 5.32 Å². The molecule has 27 heavy (non-hydrogen) atoms. The summed E-state index contributed by atoms with van der Waals surface area (Å²) in [5.74, 6) is 0.908. The van der Waals surface area contributed by atoms with Gasteiger partial charge in [0, 0.05) is 43.2 Å². The first-order valence-electron chi connectivity index (χ1n) is 9.67. The van der Waals surface area contributed by atoms with Crippen molar-refractivity contribution in [1.82, 2.24) is 15.1 Å². The lowest BCUT2D eigenvalue weighted by atomic mass is 9.93. The van der Waals surface area contributed by atoms with E-state index in [1.165, 1.54) is 12.8 Å². The molecule has 0 aliphatic carbocycles. The molecule has 0 spiro atoms. The number of hydrogen-bond donors (Lipinski definition) is 1. The summed E-state index contributed by atoms with van der Waals surface area (Å²) in [5.41, 5.74) is 0.614. The Hall–Kier alpha value is -1.30. The number of halogens is 2. The van der Waals surface area contributed by atoms with Gasteiger partial charge in [0.1, 0.15) is 0 Å². The minimum atomic E-state index is -0.00324. The zero-order valence-corrected chi connectivity index (χ0v) is 17.2. The monoisotopic (exact) mass is 413 g/mol. The molecule has 0 saturated carbocycles. The molecule has 1 aromatic carbocycles. The Morgan fingerprint density at radius 1 is 1.07 bits per heavy atom. The molecule has 2 aliphatic heterocycles. The summed E-state index contributed by atoms with van der Waals surface area (Å²) in [5, 5.41) is 3.94. The number of rotatable bonds is 4. The van der Waals surface area contributed by atoms with Crippen molar-refractivity contribution in [3.8, 4) is 0 Å². The van der Waals surface area contributed by atoms with Crippen molar-refractivity contribution in [2.75, 3.05) is 39.3 Å². The van der Waals surface area contributed by atoms with Crippen molar-refractivity contribution in [3.05, 3.63) is 34.9 Å². The van der Waals surface area contributed by atoms with E-state index in [1.807, 2.05) is 9.80 Å². The Bertz CT molecular complexity index is 635. The van der Waals surface area contributed by atoms with E-state index in [2.05, 4.69) is 5.32 Å². The van der Waals surface area contributed by atoms with Crippen molar-refractivity contribution in [2.24, 2.45) is 5.92 Å². The van der Waals surface area contributed by atoms with Crippen molar-refractivity contribution in [1.29, 1.82) is 0 Å². The summed E-state index contributed by atoms with van der Waals surface area (Å²) in [6.45, 7) is 4.78. The van der Waals surface area contributed by atoms with Crippen LogP contribution in [0, 0.1) is 5.92 Å². The number of amides is 2. The van der Waals surface area contributed by atoms with E-state index < -0.39 is 0 Å². The largest absolute Gasteiger partial charge is 0.341 e. The molecule has 0 unspecified atom stereocenters. The maximum atomic E-state index is 12.7. The van der Waals surface area contributed by atoms with Gasteiger partial charge in [-0.05, 0) is 62.9 Å². The summed E-state index contributed by atoms with van der Waals surface area (Å²) >= 11 is 6.00. The highest BCUT2D eigenvalue weighted by Gasteiger charge is 2.23. The molecular weight excluding hydrogens is 385 g/mol. The number of piperidine rings is 1. The van der Waals surface area contributed by atoms with Crippen molar-refractivity contribution in [2.45, 2.75) is 32.1 Å². The fraction of sp³-hybridized carbons (Fsp3) is 0.600. The summed E-state index contributed by atoms with van der Waals surface area (Å²) < 4.78 is 0. The molecule has 0 aromatic heterocycles. The highest BCUT2D eigenvalue weighted by molar-refractivity contribution is 6.30. The normalized spacial score (nSPS) is 18.6. The zero-order chi connectivity index (χ0) is 18.4. The van der Waals surface area contributed by atoms with Gasteiger partial charge in [-0.2, -0.15) is 0 Å². The molecule has 0 bridgehead atoms. The van der Waals surface area contributed by atoms with E-state index in [9.17, 15) is 9.59 Å². The van der Waals surface area contributed by atoms with Crippen LogP contribution in [0.4, 0.5) is 0 Å². The smallest absolute Gasteiger partial charge is 0.253 e. The lowest BCUT2D eigenvalue weighted by molar-refractivity contribution is -0.131. The molecule has 2 aliphatic rings. The average Bonchev–Trinajstić information content (AvgIpc) is 2.92. The number of carbonyl (C=O) groups excluding carboxylic acids is 2. The van der Waals surface area contributed by atoms with Crippen molar-refractivity contribution < 1.29 is 9.59 Å². The van der Waals surface area contributed by atoms with E-state index in [0.717, 1.165) is 32.5 Å². The Labute approximate surface area is 172 Å². The summed E-state index contributed by atoms with van der Waals surface area (Å²) in [6, 6.07) is 7.06. The van der Waals surface area contributed by atoms with E-state index in [-0.39, 0.29) is 24.2 Å². The number of carbonyl (C=O) groups is 2. The molecule has 2 saturated heterocycles. The predicted molar refractivity (Wildman–Crippen MR) is 111 cm³/mol. The molecule has 7 heteroatoms. The lowest BCUT2D eigenvalue weighted by Gasteiger charge is -2.25. The molecule has 3 rings (SSSR count). The van der Waals surface area contributed by atoms with Gasteiger partial charge in [-0.1, -0.05) is 17.7 Å². The van der Waals surface area contributed by atoms with Crippen LogP contribution in [0.2, 0.25) is 5.02 Å². The van der Waals surface area contributed by atoms with Gasteiger partial charge >= 0.3 is 0 Å². The third kappa shape index (κ3) is 6.37. The fourth-order valence-electron chi connectivity index (χ4n) is 3.83. The van der Waals surface area contributed by atoms with Crippen LogP contribution >= 0.6 is 24.0 Å². The minimum absolute atomic E-state index is 0. The van der Waals surface area contributed by atoms with Crippen LogP contribution in [0.15, 0.2) is 24.3 Å². The second kappa shape index (κ2) is 10.9. The molecule has 150 valence electrons. The maximum absolute atomic E-state index is 12.7. The van der Waals surface area contributed by atoms with Crippen LogP contribution in [0.25, 0.3) is 0 Å². The Morgan fingerprint density at radius 2 is 1.78 bits per heavy atom. The second-order valence-electron chi connectivity index (χ2n) is 7.27. The Kier molecular flexibility index (Phi) is 8.87. The molecule has 0 atom stereocenters. The summed E-state index contributed by atoms with van der Waals surface area (Å²) in [6.07, 6.45) is 4.80. The SMILES string of the molecule is Cl.O=C(CCC1CCNCC1)N1CCCN(C(=O)c2cccc(Cl)c2)CC1. The molecule has 2 fully saturated rings. The number of nitrogens with one attached hydrogen (secondary N) is 1. The van der Waals surface area contributed by atoms with Gasteiger partial charge in [-0.3, -0.25) is 9.59 Å². The van der Waals surface area contributed by atoms with Gasteiger partial charge < -0.3 is 15.1 Å². The van der Waals surface area contributed by atoms with Gasteiger partial charge in [0.15, 0.2) is 0 Å². The highest BCUT2D eigenvalue weighted by Crippen LogP contribution is 2.19. The van der Waals surface area contributed by atoms with Crippen LogP contribution in [-0.4, -0.2) is 60.9 Å². The van der Waals surface area contributed by atoms with E-state index >= 15 is 0 Å². The molecule has 2 amide bonds. The van der Waals surface area contributed by atoms with E-state index in [0.29, 0.717) is 42.6 Å². The first-order chi connectivity index (χ1) is 12.6. The maximum Gasteiger partial charge on any atom is 0.253 e. The Morgan fingerprint density at radius 3 is 2.52 bits per heavy atom. The van der Waals surface area contributed by atoms with Gasteiger partial charge in [0.2, 0.25) is 5.91 Å². The molecular formula is C20H29Cl2N3O2. The molecule has 1 N–H and O–H groups in total.